The monoisotopic (exact) mass is 241 g/mol. The van der Waals surface area contributed by atoms with Gasteiger partial charge in [-0.2, -0.15) is 0 Å². The van der Waals surface area contributed by atoms with Crippen molar-refractivity contribution < 1.29 is 13.2 Å². The first-order valence-electron chi connectivity index (χ1n) is 4.48. The molecule has 4 nitrogen and oxygen atoms in total. The van der Waals surface area contributed by atoms with Crippen molar-refractivity contribution in [3.8, 4) is 0 Å². The highest BCUT2D eigenvalue weighted by atomic mass is 35.5. The van der Waals surface area contributed by atoms with E-state index in [-0.39, 0.29) is 11.4 Å². The zero-order chi connectivity index (χ0) is 11.0. The standard InChI is InChI=1S/C8H16ClNO3S/c1-8(2,3)14(11,12)10-7-5-13-4-6(7)9/h6-7,10H,4-5H2,1-3H3. The zero-order valence-electron chi connectivity index (χ0n) is 8.58. The summed E-state index contributed by atoms with van der Waals surface area (Å²) in [7, 11) is -3.33. The zero-order valence-corrected chi connectivity index (χ0v) is 10.2. The van der Waals surface area contributed by atoms with Crippen molar-refractivity contribution in [2.75, 3.05) is 13.2 Å². The molecule has 0 radical (unpaired) electrons. The van der Waals surface area contributed by atoms with Crippen molar-refractivity contribution in [2.45, 2.75) is 36.9 Å². The van der Waals surface area contributed by atoms with Crippen molar-refractivity contribution in [1.29, 1.82) is 0 Å². The molecule has 0 bridgehead atoms. The van der Waals surface area contributed by atoms with Crippen LogP contribution < -0.4 is 4.72 Å². The summed E-state index contributed by atoms with van der Waals surface area (Å²) in [5.41, 5.74) is 0. The van der Waals surface area contributed by atoms with Crippen LogP contribution in [0.25, 0.3) is 0 Å². The first kappa shape index (κ1) is 12.2. The Labute approximate surface area is 90.0 Å². The molecule has 0 aromatic heterocycles. The SMILES string of the molecule is CC(C)(C)S(=O)(=O)NC1COCC1Cl. The van der Waals surface area contributed by atoms with E-state index in [0.717, 1.165) is 0 Å². The van der Waals surface area contributed by atoms with E-state index in [4.69, 9.17) is 16.3 Å². The Hall–Kier alpha value is 0.160. The van der Waals surface area contributed by atoms with Gasteiger partial charge in [0.1, 0.15) is 0 Å². The average molecular weight is 242 g/mol. The second-order valence-electron chi connectivity index (χ2n) is 4.39. The van der Waals surface area contributed by atoms with Gasteiger partial charge in [-0.3, -0.25) is 0 Å². The molecule has 1 aliphatic heterocycles. The number of ether oxygens (including phenoxy) is 1. The van der Waals surface area contributed by atoms with Gasteiger partial charge >= 0.3 is 0 Å². The Bertz CT molecular complexity index is 296. The lowest BCUT2D eigenvalue weighted by molar-refractivity contribution is 0.193. The maximum absolute atomic E-state index is 11.7. The molecule has 6 heteroatoms. The molecule has 84 valence electrons. The van der Waals surface area contributed by atoms with Crippen LogP contribution in [-0.2, 0) is 14.8 Å². The van der Waals surface area contributed by atoms with E-state index in [1.54, 1.807) is 20.8 Å². The molecule has 2 unspecified atom stereocenters. The van der Waals surface area contributed by atoms with E-state index in [1.807, 2.05) is 0 Å². The molecule has 1 fully saturated rings. The lowest BCUT2D eigenvalue weighted by atomic mass is 10.3. The Morgan fingerprint density at radius 1 is 1.36 bits per heavy atom. The van der Waals surface area contributed by atoms with Crippen molar-refractivity contribution in [3.05, 3.63) is 0 Å². The molecule has 0 amide bonds. The van der Waals surface area contributed by atoms with E-state index in [2.05, 4.69) is 4.72 Å². The first-order valence-corrected chi connectivity index (χ1v) is 6.40. The molecule has 0 aromatic carbocycles. The van der Waals surface area contributed by atoms with Crippen molar-refractivity contribution in [2.24, 2.45) is 0 Å². The third-order valence-electron chi connectivity index (χ3n) is 2.12. The minimum absolute atomic E-state index is 0.271. The van der Waals surface area contributed by atoms with Gasteiger partial charge in [0.15, 0.2) is 0 Å². The highest BCUT2D eigenvalue weighted by Gasteiger charge is 2.35. The van der Waals surface area contributed by atoms with Crippen LogP contribution in [0.4, 0.5) is 0 Å². The Balaban J connectivity index is 2.69. The molecule has 0 aromatic rings. The number of nitrogens with one attached hydrogen (secondary N) is 1. The molecule has 0 spiro atoms. The average Bonchev–Trinajstić information content (AvgIpc) is 2.33. The number of alkyl halides is 1. The summed E-state index contributed by atoms with van der Waals surface area (Å²) in [4.78, 5) is 0. The maximum Gasteiger partial charge on any atom is 0.216 e. The van der Waals surface area contributed by atoms with Gasteiger partial charge in [-0.15, -0.1) is 11.6 Å². The molecule has 1 N–H and O–H groups in total. The summed E-state index contributed by atoms with van der Waals surface area (Å²) in [6.07, 6.45) is 0. The summed E-state index contributed by atoms with van der Waals surface area (Å²) in [6, 6.07) is -0.305. The van der Waals surface area contributed by atoms with Crippen LogP contribution in [0.15, 0.2) is 0 Å². The Kier molecular flexibility index (Phi) is 3.46. The highest BCUT2D eigenvalue weighted by Crippen LogP contribution is 2.18. The summed E-state index contributed by atoms with van der Waals surface area (Å²) in [6.45, 7) is 5.69. The van der Waals surface area contributed by atoms with E-state index in [9.17, 15) is 8.42 Å². The molecule has 1 aliphatic rings. The predicted octanol–water partition coefficient (Wildman–Crippen LogP) is 0.710. The van der Waals surface area contributed by atoms with Gasteiger partial charge in [-0.1, -0.05) is 0 Å². The molecule has 1 rings (SSSR count). The minimum Gasteiger partial charge on any atom is -0.378 e. The van der Waals surface area contributed by atoms with Gasteiger partial charge in [0.2, 0.25) is 10.0 Å². The normalized spacial score (nSPS) is 29.4. The number of hydrogen-bond acceptors (Lipinski definition) is 3. The van der Waals surface area contributed by atoms with Gasteiger partial charge in [0.25, 0.3) is 0 Å². The third kappa shape index (κ3) is 2.59. The highest BCUT2D eigenvalue weighted by molar-refractivity contribution is 7.90. The van der Waals surface area contributed by atoms with Crippen LogP contribution in [-0.4, -0.2) is 37.8 Å². The molecule has 2 atom stereocenters. The number of rotatable bonds is 2. The lowest BCUT2D eigenvalue weighted by Gasteiger charge is -2.23. The van der Waals surface area contributed by atoms with E-state index < -0.39 is 14.8 Å². The van der Waals surface area contributed by atoms with Crippen molar-refractivity contribution in [3.63, 3.8) is 0 Å². The predicted molar refractivity (Wildman–Crippen MR) is 56.1 cm³/mol. The first-order chi connectivity index (χ1) is 6.24. The lowest BCUT2D eigenvalue weighted by Crippen LogP contribution is -2.47. The van der Waals surface area contributed by atoms with E-state index in [1.165, 1.54) is 0 Å². The van der Waals surface area contributed by atoms with Gasteiger partial charge in [-0.05, 0) is 20.8 Å². The summed E-state index contributed by atoms with van der Waals surface area (Å²) < 4.78 is 30.3. The van der Waals surface area contributed by atoms with E-state index in [0.29, 0.717) is 13.2 Å². The molecule has 14 heavy (non-hydrogen) atoms. The summed E-state index contributed by atoms with van der Waals surface area (Å²) in [5.74, 6) is 0. The van der Waals surface area contributed by atoms with Crippen LogP contribution in [0.1, 0.15) is 20.8 Å². The second-order valence-corrected chi connectivity index (χ2v) is 7.42. The molecule has 1 heterocycles. The molecular formula is C8H16ClNO3S. The minimum atomic E-state index is -3.33. The fraction of sp³-hybridized carbons (Fsp3) is 1.00. The maximum atomic E-state index is 11.7. The number of hydrogen-bond donors (Lipinski definition) is 1. The number of sulfonamides is 1. The smallest absolute Gasteiger partial charge is 0.216 e. The number of halogens is 1. The summed E-state index contributed by atoms with van der Waals surface area (Å²) in [5, 5.41) is -0.271. The van der Waals surface area contributed by atoms with Gasteiger partial charge in [0.05, 0.1) is 29.4 Å². The third-order valence-corrected chi connectivity index (χ3v) is 4.78. The van der Waals surface area contributed by atoms with Crippen LogP contribution in [0.3, 0.4) is 0 Å². The molecule has 0 saturated carbocycles. The van der Waals surface area contributed by atoms with Gasteiger partial charge < -0.3 is 4.74 Å². The summed E-state index contributed by atoms with van der Waals surface area (Å²) >= 11 is 5.88. The second kappa shape index (κ2) is 3.96. The van der Waals surface area contributed by atoms with Crippen molar-refractivity contribution >= 4 is 21.6 Å². The van der Waals surface area contributed by atoms with Crippen LogP contribution in [0.5, 0.6) is 0 Å². The fourth-order valence-corrected chi connectivity index (χ4v) is 2.30. The Morgan fingerprint density at radius 2 is 1.93 bits per heavy atom. The largest absolute Gasteiger partial charge is 0.378 e. The van der Waals surface area contributed by atoms with Crippen molar-refractivity contribution in [1.82, 2.24) is 4.72 Å². The topological polar surface area (TPSA) is 55.4 Å². The molecule has 1 saturated heterocycles. The fourth-order valence-electron chi connectivity index (χ4n) is 1.01. The molecular weight excluding hydrogens is 226 g/mol. The van der Waals surface area contributed by atoms with Crippen LogP contribution >= 0.6 is 11.6 Å². The van der Waals surface area contributed by atoms with Crippen LogP contribution in [0, 0.1) is 0 Å². The van der Waals surface area contributed by atoms with Gasteiger partial charge in [0, 0.05) is 0 Å². The Morgan fingerprint density at radius 3 is 2.29 bits per heavy atom. The quantitative estimate of drug-likeness (QED) is 0.725. The van der Waals surface area contributed by atoms with Gasteiger partial charge in [-0.25, -0.2) is 13.1 Å². The van der Waals surface area contributed by atoms with Crippen LogP contribution in [0.2, 0.25) is 0 Å². The molecule has 0 aliphatic carbocycles. The van der Waals surface area contributed by atoms with E-state index >= 15 is 0 Å².